The molecule has 0 radical (unpaired) electrons. The molecule has 12 heteroatoms. The molecule has 3 aliphatic heterocycles. The van der Waals surface area contributed by atoms with Crippen LogP contribution in [0.1, 0.15) is 36.4 Å². The Balaban J connectivity index is 1.19. The van der Waals surface area contributed by atoms with Gasteiger partial charge in [-0.15, -0.1) is 0 Å². The van der Waals surface area contributed by atoms with Gasteiger partial charge in [0.2, 0.25) is 0 Å². The summed E-state index contributed by atoms with van der Waals surface area (Å²) < 4.78 is 41.3. The lowest BCUT2D eigenvalue weighted by atomic mass is 9.77. The molecule has 2 fully saturated rings. The zero-order chi connectivity index (χ0) is 30.5. The second-order valence-electron chi connectivity index (χ2n) is 11.1. The molecule has 4 atom stereocenters. The summed E-state index contributed by atoms with van der Waals surface area (Å²) in [6, 6.07) is 14.2. The number of hydrogen-bond acceptors (Lipinski definition) is 7. The first-order chi connectivity index (χ1) is 21.3. The number of benzene rings is 3. The number of fused-ring (bicyclic) bond motifs is 2. The minimum atomic E-state index is -1.16. The first-order valence-electron chi connectivity index (χ1n) is 14.2. The van der Waals surface area contributed by atoms with E-state index >= 15 is 0 Å². The Labute approximate surface area is 249 Å². The van der Waals surface area contributed by atoms with Crippen LogP contribution in [0, 0.1) is 23.4 Å². The van der Waals surface area contributed by atoms with Crippen LogP contribution in [0.25, 0.3) is 6.08 Å². The lowest BCUT2D eigenvalue weighted by Crippen LogP contribution is -2.45. The summed E-state index contributed by atoms with van der Waals surface area (Å²) in [6.45, 7) is -0.404. The number of imide groups is 1. The van der Waals surface area contributed by atoms with Crippen molar-refractivity contribution in [2.45, 2.75) is 37.4 Å². The molecule has 1 aliphatic carbocycles. The molecule has 222 valence electrons. The van der Waals surface area contributed by atoms with Crippen molar-refractivity contribution in [2.24, 2.45) is 21.4 Å². The van der Waals surface area contributed by atoms with Gasteiger partial charge in [0, 0.05) is 5.92 Å². The average molecular weight is 599 g/mol. The van der Waals surface area contributed by atoms with E-state index in [1.807, 2.05) is 6.08 Å². The Hall–Kier alpha value is -5.13. The van der Waals surface area contributed by atoms with Crippen molar-refractivity contribution < 1.29 is 27.6 Å². The van der Waals surface area contributed by atoms with Gasteiger partial charge < -0.3 is 0 Å². The number of hydrazone groups is 1. The fraction of sp³-hybridized carbons (Fsp3) is 0.250. The van der Waals surface area contributed by atoms with Crippen LogP contribution in [0.3, 0.4) is 0 Å². The number of halogens is 3. The molecule has 0 aromatic heterocycles. The van der Waals surface area contributed by atoms with Crippen LogP contribution in [0.5, 0.6) is 0 Å². The van der Waals surface area contributed by atoms with Crippen molar-refractivity contribution in [3.05, 3.63) is 107 Å². The lowest BCUT2D eigenvalue weighted by molar-refractivity contribution is -0.136. The van der Waals surface area contributed by atoms with E-state index in [0.717, 1.165) is 34.9 Å². The standard InChI is InChI=1S/C32H25F3N6O3/c33-21-11-7-18(8-12-21)15-20-3-1-6-25-27(20)37-41(29(25)19-9-13-22(34)14-10-19)26(42)17-39-30-28(36-38-39)31(43)40(32(30)44)24-5-2-4-23(35)16-24/h2,4-5,7-16,25,28-30H,1,3,6,17H2/b20-15-. The van der Waals surface area contributed by atoms with E-state index < -0.39 is 54.0 Å². The largest absolute Gasteiger partial charge is 0.271 e. The van der Waals surface area contributed by atoms with Gasteiger partial charge >= 0.3 is 0 Å². The van der Waals surface area contributed by atoms with Gasteiger partial charge in [-0.3, -0.25) is 19.4 Å². The molecule has 3 aromatic rings. The first-order valence-corrected chi connectivity index (χ1v) is 14.2. The lowest BCUT2D eigenvalue weighted by Gasteiger charge is -2.30. The zero-order valence-corrected chi connectivity index (χ0v) is 23.2. The summed E-state index contributed by atoms with van der Waals surface area (Å²) in [5.41, 5.74) is 3.19. The Morgan fingerprint density at radius 1 is 0.886 bits per heavy atom. The third-order valence-corrected chi connectivity index (χ3v) is 8.40. The molecular weight excluding hydrogens is 573 g/mol. The van der Waals surface area contributed by atoms with E-state index in [9.17, 15) is 27.6 Å². The number of rotatable bonds is 5. The quantitative estimate of drug-likeness (QED) is 0.376. The summed E-state index contributed by atoms with van der Waals surface area (Å²) in [6.07, 6.45) is 4.20. The van der Waals surface area contributed by atoms with E-state index in [4.69, 9.17) is 5.10 Å². The maximum Gasteiger partial charge on any atom is 0.264 e. The summed E-state index contributed by atoms with van der Waals surface area (Å²) >= 11 is 0. The highest BCUT2D eigenvalue weighted by Gasteiger charge is 2.55. The summed E-state index contributed by atoms with van der Waals surface area (Å²) in [7, 11) is 0. The maximum atomic E-state index is 14.0. The van der Waals surface area contributed by atoms with Crippen LogP contribution >= 0.6 is 0 Å². The molecule has 4 unspecified atom stereocenters. The summed E-state index contributed by atoms with van der Waals surface area (Å²) in [4.78, 5) is 41.3. The van der Waals surface area contributed by atoms with E-state index in [1.54, 1.807) is 24.3 Å². The zero-order valence-electron chi connectivity index (χ0n) is 23.2. The van der Waals surface area contributed by atoms with Gasteiger partial charge in [0.1, 0.15) is 24.0 Å². The minimum Gasteiger partial charge on any atom is -0.271 e. The third kappa shape index (κ3) is 4.76. The Morgan fingerprint density at radius 2 is 1.61 bits per heavy atom. The van der Waals surface area contributed by atoms with Crippen molar-refractivity contribution in [3.8, 4) is 0 Å². The highest BCUT2D eigenvalue weighted by Crippen LogP contribution is 2.45. The normalized spacial score (nSPS) is 25.1. The van der Waals surface area contributed by atoms with Crippen molar-refractivity contribution >= 4 is 35.2 Å². The molecule has 4 aliphatic rings. The van der Waals surface area contributed by atoms with E-state index in [1.165, 1.54) is 52.5 Å². The van der Waals surface area contributed by atoms with Crippen LogP contribution < -0.4 is 4.90 Å². The molecule has 44 heavy (non-hydrogen) atoms. The monoisotopic (exact) mass is 598 g/mol. The predicted molar refractivity (Wildman–Crippen MR) is 153 cm³/mol. The first kappa shape index (κ1) is 27.7. The molecule has 3 amide bonds. The topological polar surface area (TPSA) is 98.0 Å². The van der Waals surface area contributed by atoms with Crippen molar-refractivity contribution in [2.75, 3.05) is 11.4 Å². The van der Waals surface area contributed by atoms with Crippen molar-refractivity contribution in [1.82, 2.24) is 10.0 Å². The fourth-order valence-corrected chi connectivity index (χ4v) is 6.40. The van der Waals surface area contributed by atoms with E-state index in [0.29, 0.717) is 17.7 Å². The number of carbonyl (C=O) groups is 3. The third-order valence-electron chi connectivity index (χ3n) is 8.40. The molecule has 9 nitrogen and oxygen atoms in total. The molecule has 0 spiro atoms. The van der Waals surface area contributed by atoms with Crippen LogP contribution in [0.2, 0.25) is 0 Å². The molecule has 0 N–H and O–H groups in total. The second-order valence-corrected chi connectivity index (χ2v) is 11.1. The van der Waals surface area contributed by atoms with Gasteiger partial charge in [-0.05, 0) is 84.5 Å². The maximum absolute atomic E-state index is 14.0. The second kappa shape index (κ2) is 10.9. The Kier molecular flexibility index (Phi) is 6.83. The van der Waals surface area contributed by atoms with Gasteiger partial charge in [0.15, 0.2) is 12.1 Å². The number of carbonyl (C=O) groups excluding carboxylic acids is 3. The average Bonchev–Trinajstić information content (AvgIpc) is 3.68. The van der Waals surface area contributed by atoms with E-state index in [-0.39, 0.29) is 17.4 Å². The van der Waals surface area contributed by atoms with Crippen LogP contribution in [0.15, 0.2) is 93.8 Å². The predicted octanol–water partition coefficient (Wildman–Crippen LogP) is 5.22. The molecule has 0 bridgehead atoms. The Morgan fingerprint density at radius 3 is 2.34 bits per heavy atom. The molecule has 3 aromatic carbocycles. The molecule has 3 heterocycles. The molecule has 1 saturated heterocycles. The van der Waals surface area contributed by atoms with Gasteiger partial charge in [-0.1, -0.05) is 35.6 Å². The number of nitrogens with zero attached hydrogens (tertiary/aromatic N) is 6. The number of anilines is 1. The fourth-order valence-electron chi connectivity index (χ4n) is 6.40. The molecular formula is C32H25F3N6O3. The number of allylic oxidation sites excluding steroid dienone is 1. The van der Waals surface area contributed by atoms with Gasteiger partial charge in [0.05, 0.1) is 17.4 Å². The van der Waals surface area contributed by atoms with Gasteiger partial charge in [0.25, 0.3) is 17.7 Å². The summed E-state index contributed by atoms with van der Waals surface area (Å²) in [5, 5.41) is 15.3. The smallest absolute Gasteiger partial charge is 0.264 e. The minimum absolute atomic E-state index is 0.0720. The van der Waals surface area contributed by atoms with Gasteiger partial charge in [-0.25, -0.2) is 23.1 Å². The number of hydrogen-bond donors (Lipinski definition) is 0. The number of amides is 3. The molecule has 7 rings (SSSR count). The van der Waals surface area contributed by atoms with Crippen LogP contribution in [-0.4, -0.2) is 52.1 Å². The van der Waals surface area contributed by atoms with Crippen LogP contribution in [-0.2, 0) is 14.4 Å². The van der Waals surface area contributed by atoms with Gasteiger partial charge in [-0.2, -0.15) is 10.2 Å². The SMILES string of the molecule is O=C1C2N=NN(CC(=O)N3N=C4/C(=C\c5ccc(F)cc5)CCCC4C3c3ccc(F)cc3)C2C(=O)N1c1cccc(F)c1. The van der Waals surface area contributed by atoms with E-state index in [2.05, 4.69) is 10.3 Å². The highest BCUT2D eigenvalue weighted by atomic mass is 19.1. The summed E-state index contributed by atoms with van der Waals surface area (Å²) in [5.74, 6) is -3.36. The van der Waals surface area contributed by atoms with Crippen molar-refractivity contribution in [3.63, 3.8) is 0 Å². The van der Waals surface area contributed by atoms with Crippen LogP contribution in [0.4, 0.5) is 18.9 Å². The highest BCUT2D eigenvalue weighted by molar-refractivity contribution is 6.25. The molecule has 1 saturated carbocycles. The Bertz CT molecular complexity index is 1760. The van der Waals surface area contributed by atoms with Crippen molar-refractivity contribution in [1.29, 1.82) is 0 Å².